The van der Waals surface area contributed by atoms with Crippen LogP contribution in [0.25, 0.3) is 0 Å². The molecule has 2 N–H and O–H groups in total. The number of aliphatic hydroxyl groups is 1. The van der Waals surface area contributed by atoms with Gasteiger partial charge in [0, 0.05) is 23.3 Å². The van der Waals surface area contributed by atoms with Gasteiger partial charge in [0.15, 0.2) is 0 Å². The number of hydrogen-bond acceptors (Lipinski definition) is 2. The molecule has 1 aliphatic carbocycles. The highest BCUT2D eigenvalue weighted by molar-refractivity contribution is 9.10. The molecule has 2 rings (SSSR count). The molecule has 0 unspecified atom stereocenters. The third-order valence-corrected chi connectivity index (χ3v) is 2.98. The fraction of sp³-hybridized carbons (Fsp3) is 0.545. The summed E-state index contributed by atoms with van der Waals surface area (Å²) in [5.74, 6) is -0.126. The second kappa shape index (κ2) is 4.59. The molecule has 0 spiro atoms. The molecule has 0 saturated heterocycles. The van der Waals surface area contributed by atoms with Crippen LogP contribution in [-0.4, -0.2) is 28.2 Å². The van der Waals surface area contributed by atoms with E-state index >= 15 is 0 Å². The zero-order chi connectivity index (χ0) is 11.7. The fourth-order valence-corrected chi connectivity index (χ4v) is 2.05. The molecular weight excluding hydrogens is 272 g/mol. The molecule has 0 radical (unpaired) electrons. The SMILES string of the molecule is C[C@@H](O)CNC(=O)c1cc(Br)cn1C1CC1. The second-order valence-electron chi connectivity index (χ2n) is 4.24. The van der Waals surface area contributed by atoms with E-state index in [-0.39, 0.29) is 12.5 Å². The van der Waals surface area contributed by atoms with Crippen LogP contribution in [0.1, 0.15) is 36.3 Å². The molecule has 1 amide bonds. The zero-order valence-corrected chi connectivity index (χ0v) is 10.7. The predicted molar refractivity (Wildman–Crippen MR) is 64.4 cm³/mol. The van der Waals surface area contributed by atoms with Crippen LogP contribution < -0.4 is 5.32 Å². The minimum atomic E-state index is -0.517. The van der Waals surface area contributed by atoms with Gasteiger partial charge in [0.1, 0.15) is 5.69 Å². The summed E-state index contributed by atoms with van der Waals surface area (Å²) in [5.41, 5.74) is 0.662. The van der Waals surface area contributed by atoms with E-state index < -0.39 is 6.10 Å². The highest BCUT2D eigenvalue weighted by Crippen LogP contribution is 2.37. The van der Waals surface area contributed by atoms with Gasteiger partial charge in [-0.25, -0.2) is 0 Å². The summed E-state index contributed by atoms with van der Waals surface area (Å²) >= 11 is 3.38. The van der Waals surface area contributed by atoms with Crippen molar-refractivity contribution in [1.29, 1.82) is 0 Å². The second-order valence-corrected chi connectivity index (χ2v) is 5.16. The average molecular weight is 287 g/mol. The minimum Gasteiger partial charge on any atom is -0.392 e. The number of aliphatic hydroxyl groups excluding tert-OH is 1. The number of rotatable bonds is 4. The third kappa shape index (κ3) is 2.65. The number of amides is 1. The predicted octanol–water partition coefficient (Wildman–Crippen LogP) is 1.70. The molecule has 1 saturated carbocycles. The maximum atomic E-state index is 11.9. The molecule has 1 aromatic heterocycles. The van der Waals surface area contributed by atoms with Crippen molar-refractivity contribution >= 4 is 21.8 Å². The van der Waals surface area contributed by atoms with Gasteiger partial charge in [-0.15, -0.1) is 0 Å². The molecule has 0 aromatic carbocycles. The Labute approximate surface area is 103 Å². The van der Waals surface area contributed by atoms with E-state index in [0.29, 0.717) is 11.7 Å². The van der Waals surface area contributed by atoms with Gasteiger partial charge in [0.05, 0.1) is 6.10 Å². The molecule has 5 heteroatoms. The van der Waals surface area contributed by atoms with E-state index in [4.69, 9.17) is 5.11 Å². The first kappa shape index (κ1) is 11.7. The molecule has 88 valence electrons. The quantitative estimate of drug-likeness (QED) is 0.885. The number of hydrogen-bond donors (Lipinski definition) is 2. The number of carbonyl (C=O) groups is 1. The van der Waals surface area contributed by atoms with Crippen LogP contribution in [0.4, 0.5) is 0 Å². The number of aromatic nitrogens is 1. The van der Waals surface area contributed by atoms with Gasteiger partial charge in [-0.3, -0.25) is 4.79 Å². The monoisotopic (exact) mass is 286 g/mol. The molecule has 1 heterocycles. The molecule has 1 atom stereocenters. The Bertz CT molecular complexity index is 397. The van der Waals surface area contributed by atoms with Crippen LogP contribution in [0.5, 0.6) is 0 Å². The molecule has 1 aromatic rings. The van der Waals surface area contributed by atoms with E-state index in [1.54, 1.807) is 6.92 Å². The van der Waals surface area contributed by atoms with Gasteiger partial charge in [-0.1, -0.05) is 0 Å². The molecule has 4 nitrogen and oxygen atoms in total. The zero-order valence-electron chi connectivity index (χ0n) is 9.11. The Morgan fingerprint density at radius 2 is 2.44 bits per heavy atom. The molecule has 1 aliphatic rings. The summed E-state index contributed by atoms with van der Waals surface area (Å²) in [6.45, 7) is 1.93. The Morgan fingerprint density at radius 3 is 3.00 bits per heavy atom. The van der Waals surface area contributed by atoms with E-state index in [2.05, 4.69) is 21.2 Å². The van der Waals surface area contributed by atoms with Gasteiger partial charge in [0.25, 0.3) is 5.91 Å². The highest BCUT2D eigenvalue weighted by Gasteiger charge is 2.27. The van der Waals surface area contributed by atoms with Crippen molar-refractivity contribution in [3.05, 3.63) is 22.4 Å². The number of nitrogens with one attached hydrogen (secondary N) is 1. The van der Waals surface area contributed by atoms with Gasteiger partial charge in [-0.05, 0) is 41.8 Å². The topological polar surface area (TPSA) is 54.3 Å². The van der Waals surface area contributed by atoms with Crippen LogP contribution in [0.3, 0.4) is 0 Å². The largest absolute Gasteiger partial charge is 0.392 e. The maximum Gasteiger partial charge on any atom is 0.268 e. The Kier molecular flexibility index (Phi) is 3.35. The number of carbonyl (C=O) groups excluding carboxylic acids is 1. The lowest BCUT2D eigenvalue weighted by Gasteiger charge is -2.09. The summed E-state index contributed by atoms with van der Waals surface area (Å²) in [5, 5.41) is 11.8. The molecule has 1 fully saturated rings. The number of halogens is 1. The summed E-state index contributed by atoms with van der Waals surface area (Å²) in [6.07, 6.45) is 3.70. The smallest absolute Gasteiger partial charge is 0.268 e. The first-order valence-corrected chi connectivity index (χ1v) is 6.21. The van der Waals surface area contributed by atoms with Crippen LogP contribution in [-0.2, 0) is 0 Å². The van der Waals surface area contributed by atoms with Crippen LogP contribution in [0.15, 0.2) is 16.7 Å². The molecule has 0 aliphatic heterocycles. The molecule has 0 bridgehead atoms. The van der Waals surface area contributed by atoms with Gasteiger partial charge in [-0.2, -0.15) is 0 Å². The van der Waals surface area contributed by atoms with E-state index in [1.807, 2.05) is 16.8 Å². The highest BCUT2D eigenvalue weighted by atomic mass is 79.9. The van der Waals surface area contributed by atoms with Gasteiger partial charge < -0.3 is 15.0 Å². The van der Waals surface area contributed by atoms with Crippen molar-refractivity contribution in [2.45, 2.75) is 31.9 Å². The molecular formula is C11H15BrN2O2. The lowest BCUT2D eigenvalue weighted by atomic mass is 10.3. The van der Waals surface area contributed by atoms with Crippen molar-refractivity contribution in [1.82, 2.24) is 9.88 Å². The standard InChI is InChI=1S/C11H15BrN2O2/c1-7(15)5-13-11(16)10-4-8(12)6-14(10)9-2-3-9/h4,6-7,9,15H,2-3,5H2,1H3,(H,13,16)/t7-/m1/s1. The Balaban J connectivity index is 2.09. The normalized spacial score (nSPS) is 17.2. The lowest BCUT2D eigenvalue weighted by molar-refractivity contribution is 0.0914. The first-order valence-electron chi connectivity index (χ1n) is 5.41. The van der Waals surface area contributed by atoms with Crippen LogP contribution in [0, 0.1) is 0 Å². The van der Waals surface area contributed by atoms with E-state index in [9.17, 15) is 4.79 Å². The van der Waals surface area contributed by atoms with Crippen LogP contribution >= 0.6 is 15.9 Å². The third-order valence-electron chi connectivity index (χ3n) is 2.55. The Morgan fingerprint density at radius 1 is 1.75 bits per heavy atom. The lowest BCUT2D eigenvalue weighted by Crippen LogP contribution is -2.31. The van der Waals surface area contributed by atoms with Gasteiger partial charge >= 0.3 is 0 Å². The average Bonchev–Trinajstić information content (AvgIpc) is 2.98. The summed E-state index contributed by atoms with van der Waals surface area (Å²) in [7, 11) is 0. The summed E-state index contributed by atoms with van der Waals surface area (Å²) < 4.78 is 2.92. The Hall–Kier alpha value is -0.810. The number of nitrogens with zero attached hydrogens (tertiary/aromatic N) is 1. The van der Waals surface area contributed by atoms with Gasteiger partial charge in [0.2, 0.25) is 0 Å². The van der Waals surface area contributed by atoms with E-state index in [0.717, 1.165) is 17.3 Å². The fourth-order valence-electron chi connectivity index (χ4n) is 1.61. The van der Waals surface area contributed by atoms with Crippen molar-refractivity contribution < 1.29 is 9.90 Å². The van der Waals surface area contributed by atoms with Crippen LogP contribution in [0.2, 0.25) is 0 Å². The van der Waals surface area contributed by atoms with E-state index in [1.165, 1.54) is 0 Å². The first-order chi connectivity index (χ1) is 7.58. The van der Waals surface area contributed by atoms with Crippen molar-refractivity contribution in [2.75, 3.05) is 6.54 Å². The van der Waals surface area contributed by atoms with Crippen molar-refractivity contribution in [3.63, 3.8) is 0 Å². The maximum absolute atomic E-state index is 11.9. The minimum absolute atomic E-state index is 0.126. The molecule has 16 heavy (non-hydrogen) atoms. The van der Waals surface area contributed by atoms with Crippen molar-refractivity contribution in [2.24, 2.45) is 0 Å². The van der Waals surface area contributed by atoms with Crippen molar-refractivity contribution in [3.8, 4) is 0 Å². The summed E-state index contributed by atoms with van der Waals surface area (Å²) in [4.78, 5) is 11.9. The summed E-state index contributed by atoms with van der Waals surface area (Å²) in [6, 6.07) is 2.29.